The summed E-state index contributed by atoms with van der Waals surface area (Å²) >= 11 is 5.74. The average Bonchev–Trinajstić information content (AvgIpc) is 2.39. The molecule has 1 atom stereocenters. The van der Waals surface area contributed by atoms with Gasteiger partial charge in [-0.25, -0.2) is 9.18 Å². The Kier molecular flexibility index (Phi) is 4.02. The predicted octanol–water partition coefficient (Wildman–Crippen LogP) is 3.68. The molecule has 2 aromatic rings. The number of benzene rings is 2. The van der Waals surface area contributed by atoms with Crippen LogP contribution in [0.4, 0.5) is 4.39 Å². The van der Waals surface area contributed by atoms with Gasteiger partial charge in [-0.1, -0.05) is 23.7 Å². The Hall–Kier alpha value is -2.07. The standard InChI is InChI=1S/C14H10ClFO3/c15-10-3-1-9(2-4-10)13(14(17)18)19-12-7-5-11(16)6-8-12/h1-8,13H,(H,17,18). The number of ether oxygens (including phenoxy) is 1. The first-order valence-electron chi connectivity index (χ1n) is 5.47. The lowest BCUT2D eigenvalue weighted by atomic mass is 10.1. The van der Waals surface area contributed by atoms with Gasteiger partial charge in [0.25, 0.3) is 0 Å². The van der Waals surface area contributed by atoms with Crippen molar-refractivity contribution < 1.29 is 19.0 Å². The lowest BCUT2D eigenvalue weighted by Crippen LogP contribution is -2.18. The molecule has 98 valence electrons. The summed E-state index contributed by atoms with van der Waals surface area (Å²) in [7, 11) is 0. The Labute approximate surface area is 114 Å². The summed E-state index contributed by atoms with van der Waals surface area (Å²) in [5, 5.41) is 9.69. The third-order valence-electron chi connectivity index (χ3n) is 2.46. The van der Waals surface area contributed by atoms with E-state index in [1.807, 2.05) is 0 Å². The zero-order chi connectivity index (χ0) is 13.8. The van der Waals surface area contributed by atoms with Crippen molar-refractivity contribution in [2.24, 2.45) is 0 Å². The highest BCUT2D eigenvalue weighted by molar-refractivity contribution is 6.30. The first-order chi connectivity index (χ1) is 9.06. The van der Waals surface area contributed by atoms with E-state index in [-0.39, 0.29) is 5.75 Å². The summed E-state index contributed by atoms with van der Waals surface area (Å²) in [4.78, 5) is 11.2. The summed E-state index contributed by atoms with van der Waals surface area (Å²) in [6.07, 6.45) is -1.16. The molecule has 0 aliphatic rings. The molecule has 3 nitrogen and oxygen atoms in total. The number of aliphatic carboxylic acids is 1. The molecule has 0 spiro atoms. The van der Waals surface area contributed by atoms with Crippen LogP contribution < -0.4 is 4.74 Å². The van der Waals surface area contributed by atoms with Crippen LogP contribution in [0.1, 0.15) is 11.7 Å². The first-order valence-corrected chi connectivity index (χ1v) is 5.84. The van der Waals surface area contributed by atoms with E-state index in [0.717, 1.165) is 0 Å². The summed E-state index contributed by atoms with van der Waals surface area (Å²) < 4.78 is 18.1. The zero-order valence-corrected chi connectivity index (χ0v) is 10.5. The summed E-state index contributed by atoms with van der Waals surface area (Å²) in [6, 6.07) is 11.5. The van der Waals surface area contributed by atoms with Crippen LogP contribution in [0.3, 0.4) is 0 Å². The van der Waals surface area contributed by atoms with Gasteiger partial charge in [0.1, 0.15) is 11.6 Å². The summed E-state index contributed by atoms with van der Waals surface area (Å²) in [6.45, 7) is 0. The molecule has 2 rings (SSSR count). The maximum atomic E-state index is 12.8. The van der Waals surface area contributed by atoms with Crippen LogP contribution in [0, 0.1) is 5.82 Å². The van der Waals surface area contributed by atoms with Gasteiger partial charge in [-0.3, -0.25) is 0 Å². The minimum atomic E-state index is -1.16. The van der Waals surface area contributed by atoms with E-state index in [9.17, 15) is 14.3 Å². The van der Waals surface area contributed by atoms with Gasteiger partial charge in [-0.15, -0.1) is 0 Å². The molecule has 19 heavy (non-hydrogen) atoms. The van der Waals surface area contributed by atoms with Gasteiger partial charge in [-0.2, -0.15) is 0 Å². The smallest absolute Gasteiger partial charge is 0.349 e. The Morgan fingerprint density at radius 2 is 1.68 bits per heavy atom. The Morgan fingerprint density at radius 3 is 2.21 bits per heavy atom. The van der Waals surface area contributed by atoms with Crippen molar-refractivity contribution in [2.45, 2.75) is 6.10 Å². The monoisotopic (exact) mass is 280 g/mol. The Balaban J connectivity index is 2.23. The van der Waals surface area contributed by atoms with E-state index in [1.54, 1.807) is 24.3 Å². The van der Waals surface area contributed by atoms with E-state index in [4.69, 9.17) is 16.3 Å². The normalized spacial score (nSPS) is 11.9. The van der Waals surface area contributed by atoms with Gasteiger partial charge >= 0.3 is 5.97 Å². The molecule has 2 aromatic carbocycles. The minimum Gasteiger partial charge on any atom is -0.478 e. The van der Waals surface area contributed by atoms with E-state index in [0.29, 0.717) is 10.6 Å². The Morgan fingerprint density at radius 1 is 1.11 bits per heavy atom. The minimum absolute atomic E-state index is 0.281. The highest BCUT2D eigenvalue weighted by atomic mass is 35.5. The van der Waals surface area contributed by atoms with E-state index in [1.165, 1.54) is 24.3 Å². The highest BCUT2D eigenvalue weighted by Crippen LogP contribution is 2.23. The molecule has 0 bridgehead atoms. The zero-order valence-electron chi connectivity index (χ0n) is 9.72. The fourth-order valence-electron chi connectivity index (χ4n) is 1.55. The number of hydrogen-bond acceptors (Lipinski definition) is 2. The highest BCUT2D eigenvalue weighted by Gasteiger charge is 2.21. The quantitative estimate of drug-likeness (QED) is 0.929. The number of carboxylic acids is 1. The van der Waals surface area contributed by atoms with Crippen molar-refractivity contribution in [3.8, 4) is 5.75 Å². The molecule has 0 aliphatic carbocycles. The second-order valence-electron chi connectivity index (χ2n) is 3.84. The van der Waals surface area contributed by atoms with Crippen LogP contribution in [0.2, 0.25) is 5.02 Å². The van der Waals surface area contributed by atoms with E-state index >= 15 is 0 Å². The van der Waals surface area contributed by atoms with Crippen LogP contribution in [-0.2, 0) is 4.79 Å². The van der Waals surface area contributed by atoms with E-state index in [2.05, 4.69) is 0 Å². The number of carbonyl (C=O) groups is 1. The molecule has 0 aliphatic heterocycles. The molecular weight excluding hydrogens is 271 g/mol. The van der Waals surface area contributed by atoms with Crippen LogP contribution in [0.25, 0.3) is 0 Å². The summed E-state index contributed by atoms with van der Waals surface area (Å²) in [5.74, 6) is -1.26. The molecule has 0 fully saturated rings. The molecule has 0 radical (unpaired) electrons. The largest absolute Gasteiger partial charge is 0.478 e. The topological polar surface area (TPSA) is 46.5 Å². The van der Waals surface area contributed by atoms with Crippen molar-refractivity contribution >= 4 is 17.6 Å². The average molecular weight is 281 g/mol. The lowest BCUT2D eigenvalue weighted by molar-refractivity contribution is -0.145. The third-order valence-corrected chi connectivity index (χ3v) is 2.72. The van der Waals surface area contributed by atoms with Crippen molar-refractivity contribution in [1.82, 2.24) is 0 Å². The van der Waals surface area contributed by atoms with Gasteiger partial charge in [0.15, 0.2) is 0 Å². The fraction of sp³-hybridized carbons (Fsp3) is 0.0714. The van der Waals surface area contributed by atoms with Crippen molar-refractivity contribution in [3.05, 3.63) is 64.9 Å². The lowest BCUT2D eigenvalue weighted by Gasteiger charge is -2.15. The molecule has 0 aromatic heterocycles. The van der Waals surface area contributed by atoms with Gasteiger partial charge < -0.3 is 9.84 Å². The van der Waals surface area contributed by atoms with Gasteiger partial charge in [0.2, 0.25) is 6.10 Å². The molecular formula is C14H10ClFO3. The van der Waals surface area contributed by atoms with Crippen LogP contribution in [0.15, 0.2) is 48.5 Å². The SMILES string of the molecule is O=C(O)C(Oc1ccc(F)cc1)c1ccc(Cl)cc1. The van der Waals surface area contributed by atoms with E-state index < -0.39 is 17.9 Å². The Bertz CT molecular complexity index is 566. The fourth-order valence-corrected chi connectivity index (χ4v) is 1.67. The van der Waals surface area contributed by atoms with Gasteiger partial charge in [0, 0.05) is 10.6 Å². The number of hydrogen-bond donors (Lipinski definition) is 1. The second kappa shape index (κ2) is 5.71. The predicted molar refractivity (Wildman–Crippen MR) is 68.9 cm³/mol. The van der Waals surface area contributed by atoms with Crippen molar-refractivity contribution in [2.75, 3.05) is 0 Å². The molecule has 1 unspecified atom stereocenters. The van der Waals surface area contributed by atoms with Gasteiger partial charge in [-0.05, 0) is 36.4 Å². The molecule has 0 saturated heterocycles. The number of carboxylic acid groups (broad SMARTS) is 1. The van der Waals surface area contributed by atoms with Gasteiger partial charge in [0.05, 0.1) is 0 Å². The maximum absolute atomic E-state index is 12.8. The summed E-state index contributed by atoms with van der Waals surface area (Å²) in [5.41, 5.74) is 0.459. The molecule has 0 amide bonds. The first kappa shape index (κ1) is 13.4. The molecule has 5 heteroatoms. The van der Waals surface area contributed by atoms with Crippen LogP contribution in [-0.4, -0.2) is 11.1 Å². The van der Waals surface area contributed by atoms with Crippen molar-refractivity contribution in [1.29, 1.82) is 0 Å². The molecule has 0 saturated carbocycles. The second-order valence-corrected chi connectivity index (χ2v) is 4.28. The van der Waals surface area contributed by atoms with Crippen LogP contribution in [0.5, 0.6) is 5.75 Å². The van der Waals surface area contributed by atoms with Crippen molar-refractivity contribution in [3.63, 3.8) is 0 Å². The number of halogens is 2. The number of rotatable bonds is 4. The maximum Gasteiger partial charge on any atom is 0.349 e. The molecule has 0 heterocycles. The molecule has 1 N–H and O–H groups in total. The van der Waals surface area contributed by atoms with Crippen LogP contribution >= 0.6 is 11.6 Å². The third kappa shape index (κ3) is 3.45.